The minimum absolute atomic E-state index is 0.0494. The van der Waals surface area contributed by atoms with Crippen molar-refractivity contribution in [3.63, 3.8) is 0 Å². The smallest absolute Gasteiger partial charge is 0.258 e. The zero-order valence-corrected chi connectivity index (χ0v) is 6.86. The first-order valence-electron chi connectivity index (χ1n) is 3.69. The highest BCUT2D eigenvalue weighted by atomic mass is 16.6. The summed E-state index contributed by atoms with van der Waals surface area (Å²) in [6.07, 6.45) is 0. The monoisotopic (exact) mass is 164 g/mol. The van der Waals surface area contributed by atoms with Crippen molar-refractivity contribution in [3.05, 3.63) is 46.9 Å². The summed E-state index contributed by atoms with van der Waals surface area (Å²) in [6.45, 7) is 5.58. The van der Waals surface area contributed by atoms with Gasteiger partial charge in [0.05, 0.1) is 4.92 Å². The van der Waals surface area contributed by atoms with Gasteiger partial charge in [0, 0.05) is 11.6 Å². The summed E-state index contributed by atoms with van der Waals surface area (Å²) in [5, 5.41) is 10.5. The lowest BCUT2D eigenvalue weighted by atomic mass is 10.0. The molecule has 0 saturated carbocycles. The third-order valence-corrected chi connectivity index (χ3v) is 1.66. The number of rotatable bonds is 2. The van der Waals surface area contributed by atoms with Crippen LogP contribution in [0.1, 0.15) is 18.4 Å². The summed E-state index contributed by atoms with van der Waals surface area (Å²) < 4.78 is 0. The summed E-state index contributed by atoms with van der Waals surface area (Å²) in [5.41, 5.74) is 0.836. The number of benzene rings is 1. The number of nitro groups is 1. The average Bonchev–Trinajstić information content (AvgIpc) is 2.04. The number of nitro benzene ring substituents is 1. The second kappa shape index (κ2) is 3.34. The van der Waals surface area contributed by atoms with Crippen molar-refractivity contribution in [1.29, 1.82) is 0 Å². The van der Waals surface area contributed by atoms with Crippen molar-refractivity contribution in [2.24, 2.45) is 0 Å². The zero-order chi connectivity index (χ0) is 9.14. The molecule has 1 aromatic carbocycles. The fourth-order valence-electron chi connectivity index (χ4n) is 1.07. The summed E-state index contributed by atoms with van der Waals surface area (Å²) in [5.74, 6) is -0.0494. The van der Waals surface area contributed by atoms with Crippen molar-refractivity contribution in [2.45, 2.75) is 12.8 Å². The molecule has 1 atom stereocenters. The topological polar surface area (TPSA) is 43.1 Å². The minimum Gasteiger partial charge on any atom is -0.258 e. The molecule has 0 bridgehead atoms. The van der Waals surface area contributed by atoms with Gasteiger partial charge >= 0.3 is 0 Å². The molecule has 0 aliphatic heterocycles. The van der Waals surface area contributed by atoms with Gasteiger partial charge in [-0.05, 0) is 12.8 Å². The van der Waals surface area contributed by atoms with Crippen molar-refractivity contribution in [1.82, 2.24) is 0 Å². The van der Waals surface area contributed by atoms with E-state index >= 15 is 0 Å². The van der Waals surface area contributed by atoms with Crippen LogP contribution in [0.4, 0.5) is 5.69 Å². The van der Waals surface area contributed by atoms with Crippen LogP contribution < -0.4 is 0 Å². The molecule has 0 saturated heterocycles. The summed E-state index contributed by atoms with van der Waals surface area (Å²) in [4.78, 5) is 10.1. The lowest BCUT2D eigenvalue weighted by Gasteiger charge is -2.04. The van der Waals surface area contributed by atoms with Crippen LogP contribution in [0.2, 0.25) is 0 Å². The van der Waals surface area contributed by atoms with E-state index in [1.807, 2.05) is 6.92 Å². The summed E-state index contributed by atoms with van der Waals surface area (Å²) in [6, 6.07) is 6.67. The van der Waals surface area contributed by atoms with Gasteiger partial charge in [-0.15, -0.1) is 0 Å². The van der Waals surface area contributed by atoms with Gasteiger partial charge in [-0.3, -0.25) is 10.1 Å². The maximum atomic E-state index is 10.5. The molecule has 1 aromatic rings. The molecule has 1 radical (unpaired) electrons. The fraction of sp³-hybridized carbons (Fsp3) is 0.222. The van der Waals surface area contributed by atoms with Crippen LogP contribution >= 0.6 is 0 Å². The van der Waals surface area contributed by atoms with Gasteiger partial charge in [0.1, 0.15) is 0 Å². The number of nitrogens with zero attached hydrogens (tertiary/aromatic N) is 1. The quantitative estimate of drug-likeness (QED) is 0.498. The van der Waals surface area contributed by atoms with E-state index in [4.69, 9.17) is 0 Å². The lowest BCUT2D eigenvalue weighted by Crippen LogP contribution is -1.96. The molecule has 0 amide bonds. The Morgan fingerprint density at radius 2 is 2.08 bits per heavy atom. The van der Waals surface area contributed by atoms with Crippen LogP contribution in [0, 0.1) is 17.0 Å². The highest BCUT2D eigenvalue weighted by Crippen LogP contribution is 2.24. The lowest BCUT2D eigenvalue weighted by molar-refractivity contribution is -0.385. The number of hydrogen-bond acceptors (Lipinski definition) is 2. The Balaban J connectivity index is 3.17. The second-order valence-electron chi connectivity index (χ2n) is 2.72. The SMILES string of the molecule is [CH2]C(C)c1ccccc1[N+](=O)[O-]. The molecule has 0 heterocycles. The van der Waals surface area contributed by atoms with E-state index in [9.17, 15) is 10.1 Å². The Morgan fingerprint density at radius 3 is 2.50 bits per heavy atom. The van der Waals surface area contributed by atoms with E-state index in [1.54, 1.807) is 18.2 Å². The average molecular weight is 164 g/mol. The van der Waals surface area contributed by atoms with E-state index in [0.717, 1.165) is 0 Å². The minimum atomic E-state index is -0.378. The molecule has 0 fully saturated rings. The van der Waals surface area contributed by atoms with Crippen molar-refractivity contribution in [3.8, 4) is 0 Å². The molecule has 0 N–H and O–H groups in total. The Hall–Kier alpha value is -1.38. The van der Waals surface area contributed by atoms with Gasteiger partial charge in [0.15, 0.2) is 0 Å². The van der Waals surface area contributed by atoms with E-state index < -0.39 is 0 Å². The first kappa shape index (κ1) is 8.71. The van der Waals surface area contributed by atoms with E-state index in [1.165, 1.54) is 6.07 Å². The predicted molar refractivity (Wildman–Crippen MR) is 46.9 cm³/mol. The number of para-hydroxylation sites is 1. The van der Waals surface area contributed by atoms with Crippen molar-refractivity contribution in [2.75, 3.05) is 0 Å². The van der Waals surface area contributed by atoms with Gasteiger partial charge in [-0.2, -0.15) is 0 Å². The van der Waals surface area contributed by atoms with Crippen LogP contribution in [0.3, 0.4) is 0 Å². The molecular formula is C9H10NO2. The standard InChI is InChI=1S/C9H10NO2/c1-7(2)8-5-3-4-6-9(8)10(11)12/h3-7H,1H2,2H3. The Bertz CT molecular complexity index is 294. The third-order valence-electron chi connectivity index (χ3n) is 1.66. The molecule has 0 aliphatic carbocycles. The molecule has 3 nitrogen and oxygen atoms in total. The highest BCUT2D eigenvalue weighted by Gasteiger charge is 2.14. The van der Waals surface area contributed by atoms with Gasteiger partial charge < -0.3 is 0 Å². The van der Waals surface area contributed by atoms with Crippen LogP contribution in [0.25, 0.3) is 0 Å². The van der Waals surface area contributed by atoms with Gasteiger partial charge in [-0.1, -0.05) is 25.1 Å². The second-order valence-corrected chi connectivity index (χ2v) is 2.72. The van der Waals surface area contributed by atoms with Crippen LogP contribution in [-0.2, 0) is 0 Å². The molecule has 0 aliphatic rings. The Morgan fingerprint density at radius 1 is 1.50 bits per heavy atom. The van der Waals surface area contributed by atoms with Gasteiger partial charge in [0.2, 0.25) is 0 Å². The first-order chi connectivity index (χ1) is 5.63. The largest absolute Gasteiger partial charge is 0.272 e. The normalized spacial score (nSPS) is 10.2. The molecular weight excluding hydrogens is 154 g/mol. The molecule has 12 heavy (non-hydrogen) atoms. The Kier molecular flexibility index (Phi) is 2.43. The zero-order valence-electron chi connectivity index (χ0n) is 6.86. The third kappa shape index (κ3) is 1.61. The van der Waals surface area contributed by atoms with E-state index in [0.29, 0.717) is 5.56 Å². The fourth-order valence-corrected chi connectivity index (χ4v) is 1.07. The highest BCUT2D eigenvalue weighted by molar-refractivity contribution is 5.42. The van der Waals surface area contributed by atoms with E-state index in [-0.39, 0.29) is 16.5 Å². The number of hydrogen-bond donors (Lipinski definition) is 0. The van der Waals surface area contributed by atoms with Gasteiger partial charge in [0.25, 0.3) is 5.69 Å². The van der Waals surface area contributed by atoms with Crippen molar-refractivity contribution >= 4 is 5.69 Å². The van der Waals surface area contributed by atoms with Crippen LogP contribution in [0.15, 0.2) is 24.3 Å². The van der Waals surface area contributed by atoms with Crippen LogP contribution in [-0.4, -0.2) is 4.92 Å². The molecule has 63 valence electrons. The summed E-state index contributed by atoms with van der Waals surface area (Å²) in [7, 11) is 0. The first-order valence-corrected chi connectivity index (χ1v) is 3.69. The molecule has 1 unspecified atom stereocenters. The molecule has 3 heteroatoms. The molecule has 0 aromatic heterocycles. The van der Waals surface area contributed by atoms with Crippen molar-refractivity contribution < 1.29 is 4.92 Å². The van der Waals surface area contributed by atoms with E-state index in [2.05, 4.69) is 6.92 Å². The maximum Gasteiger partial charge on any atom is 0.272 e. The molecule has 0 spiro atoms. The summed E-state index contributed by atoms with van der Waals surface area (Å²) >= 11 is 0. The predicted octanol–water partition coefficient (Wildman–Crippen LogP) is 2.53. The van der Waals surface area contributed by atoms with Gasteiger partial charge in [-0.25, -0.2) is 0 Å². The molecule has 1 rings (SSSR count). The maximum absolute atomic E-state index is 10.5. The Labute approximate surface area is 71.2 Å². The van der Waals surface area contributed by atoms with Crippen LogP contribution in [0.5, 0.6) is 0 Å².